The summed E-state index contributed by atoms with van der Waals surface area (Å²) < 4.78 is 0. The van der Waals surface area contributed by atoms with Gasteiger partial charge in [-0.2, -0.15) is 0 Å². The summed E-state index contributed by atoms with van der Waals surface area (Å²) in [7, 11) is 0. The minimum absolute atomic E-state index is 0.267. The highest BCUT2D eigenvalue weighted by molar-refractivity contribution is 6.03. The van der Waals surface area contributed by atoms with Gasteiger partial charge in [0.15, 0.2) is 5.78 Å². The first-order valence-corrected chi connectivity index (χ1v) is 5.94. The lowest BCUT2D eigenvalue weighted by Gasteiger charge is -2.18. The maximum absolute atomic E-state index is 12.1. The SMILES string of the molecule is CCCC(C(=O)O)C(=O)C1(CCC)CC1O. The normalized spacial score (nSPS) is 29.8. The van der Waals surface area contributed by atoms with Gasteiger partial charge in [-0.1, -0.05) is 26.7 Å². The molecule has 0 aromatic rings. The van der Waals surface area contributed by atoms with Gasteiger partial charge in [-0.05, 0) is 19.3 Å². The monoisotopic (exact) mass is 228 g/mol. The molecule has 1 rings (SSSR count). The summed E-state index contributed by atoms with van der Waals surface area (Å²) >= 11 is 0. The number of ketones is 1. The average Bonchev–Trinajstić information content (AvgIpc) is 2.86. The van der Waals surface area contributed by atoms with Gasteiger partial charge in [-0.25, -0.2) is 0 Å². The van der Waals surface area contributed by atoms with Crippen LogP contribution >= 0.6 is 0 Å². The Bertz CT molecular complexity index is 287. The van der Waals surface area contributed by atoms with E-state index in [1.54, 1.807) is 0 Å². The summed E-state index contributed by atoms with van der Waals surface area (Å²) in [5.74, 6) is -2.26. The fraction of sp³-hybridized carbons (Fsp3) is 0.833. The van der Waals surface area contributed by atoms with Crippen LogP contribution in [0, 0.1) is 11.3 Å². The van der Waals surface area contributed by atoms with E-state index in [2.05, 4.69) is 0 Å². The van der Waals surface area contributed by atoms with Gasteiger partial charge in [0.1, 0.15) is 5.92 Å². The Kier molecular flexibility index (Phi) is 4.08. The molecule has 1 aliphatic carbocycles. The van der Waals surface area contributed by atoms with Gasteiger partial charge >= 0.3 is 5.97 Å². The van der Waals surface area contributed by atoms with Crippen molar-refractivity contribution in [2.24, 2.45) is 11.3 Å². The van der Waals surface area contributed by atoms with E-state index in [4.69, 9.17) is 5.11 Å². The molecule has 3 atom stereocenters. The van der Waals surface area contributed by atoms with Crippen molar-refractivity contribution in [1.29, 1.82) is 0 Å². The molecular weight excluding hydrogens is 208 g/mol. The van der Waals surface area contributed by atoms with Gasteiger partial charge < -0.3 is 10.2 Å². The Labute approximate surface area is 95.7 Å². The smallest absolute Gasteiger partial charge is 0.314 e. The van der Waals surface area contributed by atoms with Crippen LogP contribution in [0.3, 0.4) is 0 Å². The van der Waals surface area contributed by atoms with E-state index in [1.165, 1.54) is 0 Å². The van der Waals surface area contributed by atoms with Gasteiger partial charge in [-0.15, -0.1) is 0 Å². The third kappa shape index (κ3) is 2.26. The molecule has 1 saturated carbocycles. The van der Waals surface area contributed by atoms with Crippen molar-refractivity contribution in [3.63, 3.8) is 0 Å². The van der Waals surface area contributed by atoms with Crippen molar-refractivity contribution in [3.8, 4) is 0 Å². The Hall–Kier alpha value is -0.900. The Balaban J connectivity index is 2.77. The first kappa shape index (κ1) is 13.2. The van der Waals surface area contributed by atoms with Crippen molar-refractivity contribution in [1.82, 2.24) is 0 Å². The molecule has 0 aliphatic heterocycles. The molecule has 92 valence electrons. The number of aliphatic hydroxyl groups is 1. The average molecular weight is 228 g/mol. The summed E-state index contributed by atoms with van der Waals surface area (Å²) in [6, 6.07) is 0. The number of carboxylic acid groups (broad SMARTS) is 1. The number of aliphatic hydroxyl groups excluding tert-OH is 1. The summed E-state index contributed by atoms with van der Waals surface area (Å²) in [6.45, 7) is 3.80. The molecule has 0 aromatic heterocycles. The first-order valence-electron chi connectivity index (χ1n) is 5.94. The number of hydrogen-bond donors (Lipinski definition) is 2. The largest absolute Gasteiger partial charge is 0.481 e. The van der Waals surface area contributed by atoms with Gasteiger partial charge in [0, 0.05) is 0 Å². The molecule has 2 N–H and O–H groups in total. The third-order valence-corrected chi connectivity index (χ3v) is 3.41. The fourth-order valence-electron chi connectivity index (χ4n) is 2.39. The molecule has 0 radical (unpaired) electrons. The summed E-state index contributed by atoms with van der Waals surface area (Å²) in [5, 5.41) is 18.6. The minimum Gasteiger partial charge on any atom is -0.481 e. The Morgan fingerprint density at radius 2 is 1.94 bits per heavy atom. The molecule has 4 heteroatoms. The van der Waals surface area contributed by atoms with Gasteiger partial charge in [0.2, 0.25) is 0 Å². The van der Waals surface area contributed by atoms with Crippen LogP contribution in [0.4, 0.5) is 0 Å². The van der Waals surface area contributed by atoms with Crippen LogP contribution in [0.5, 0.6) is 0 Å². The third-order valence-electron chi connectivity index (χ3n) is 3.41. The summed E-state index contributed by atoms with van der Waals surface area (Å²) in [5.41, 5.74) is -0.743. The number of rotatable bonds is 7. The molecule has 0 bridgehead atoms. The second-order valence-electron chi connectivity index (χ2n) is 4.67. The van der Waals surface area contributed by atoms with Gasteiger partial charge in [0.25, 0.3) is 0 Å². The summed E-state index contributed by atoms with van der Waals surface area (Å²) in [4.78, 5) is 23.1. The number of carboxylic acids is 1. The maximum Gasteiger partial charge on any atom is 0.314 e. The number of hydrogen-bond acceptors (Lipinski definition) is 3. The zero-order valence-electron chi connectivity index (χ0n) is 9.90. The van der Waals surface area contributed by atoms with E-state index in [9.17, 15) is 14.7 Å². The number of Topliss-reactive ketones (excluding diaryl/α,β-unsaturated/α-hetero) is 1. The van der Waals surface area contributed by atoms with Crippen molar-refractivity contribution in [2.45, 2.75) is 52.1 Å². The van der Waals surface area contributed by atoms with E-state index in [-0.39, 0.29) is 5.78 Å². The fourth-order valence-corrected chi connectivity index (χ4v) is 2.39. The zero-order valence-corrected chi connectivity index (χ0v) is 9.90. The molecule has 4 nitrogen and oxygen atoms in total. The standard InChI is InChI=1S/C12H20O4/c1-3-5-8(11(15)16)10(14)12(6-4-2)7-9(12)13/h8-9,13H,3-7H2,1-2H3,(H,15,16). The first-order chi connectivity index (χ1) is 7.49. The van der Waals surface area contributed by atoms with Crippen molar-refractivity contribution in [2.75, 3.05) is 0 Å². The molecular formula is C12H20O4. The zero-order chi connectivity index (χ0) is 12.3. The van der Waals surface area contributed by atoms with E-state index < -0.39 is 23.4 Å². The van der Waals surface area contributed by atoms with Crippen LogP contribution in [-0.4, -0.2) is 28.1 Å². The minimum atomic E-state index is -1.05. The molecule has 1 aliphatic rings. The summed E-state index contributed by atoms with van der Waals surface area (Å²) in [6.07, 6.45) is 2.24. The van der Waals surface area contributed by atoms with E-state index >= 15 is 0 Å². The lowest BCUT2D eigenvalue weighted by atomic mass is 9.84. The molecule has 3 unspecified atom stereocenters. The highest BCUT2D eigenvalue weighted by atomic mass is 16.4. The highest BCUT2D eigenvalue weighted by Gasteiger charge is 2.60. The second kappa shape index (κ2) is 4.95. The van der Waals surface area contributed by atoms with Crippen LogP contribution in [0.1, 0.15) is 46.0 Å². The van der Waals surface area contributed by atoms with Gasteiger partial charge in [-0.3, -0.25) is 9.59 Å². The lowest BCUT2D eigenvalue weighted by molar-refractivity contribution is -0.149. The van der Waals surface area contributed by atoms with Crippen LogP contribution in [0.25, 0.3) is 0 Å². The second-order valence-corrected chi connectivity index (χ2v) is 4.67. The highest BCUT2D eigenvalue weighted by Crippen LogP contribution is 2.52. The quantitative estimate of drug-likeness (QED) is 0.649. The molecule has 0 heterocycles. The van der Waals surface area contributed by atoms with Crippen LogP contribution in [0.15, 0.2) is 0 Å². The van der Waals surface area contributed by atoms with E-state index in [1.807, 2.05) is 13.8 Å². The Morgan fingerprint density at radius 3 is 2.25 bits per heavy atom. The van der Waals surface area contributed by atoms with Crippen molar-refractivity contribution < 1.29 is 19.8 Å². The van der Waals surface area contributed by atoms with Crippen LogP contribution < -0.4 is 0 Å². The molecule has 0 spiro atoms. The number of carbonyl (C=O) groups excluding carboxylic acids is 1. The predicted octanol–water partition coefficient (Wildman–Crippen LogP) is 1.61. The molecule has 1 fully saturated rings. The van der Waals surface area contributed by atoms with Crippen LogP contribution in [0.2, 0.25) is 0 Å². The van der Waals surface area contributed by atoms with Gasteiger partial charge in [0.05, 0.1) is 11.5 Å². The Morgan fingerprint density at radius 1 is 1.38 bits per heavy atom. The number of aliphatic carboxylic acids is 1. The van der Waals surface area contributed by atoms with Crippen LogP contribution in [-0.2, 0) is 9.59 Å². The number of carbonyl (C=O) groups is 2. The predicted molar refractivity (Wildman–Crippen MR) is 59.0 cm³/mol. The molecule has 0 saturated heterocycles. The van der Waals surface area contributed by atoms with Crippen molar-refractivity contribution >= 4 is 11.8 Å². The van der Waals surface area contributed by atoms with E-state index in [0.717, 1.165) is 6.42 Å². The van der Waals surface area contributed by atoms with E-state index in [0.29, 0.717) is 25.7 Å². The molecule has 0 amide bonds. The molecule has 16 heavy (non-hydrogen) atoms. The van der Waals surface area contributed by atoms with Crippen molar-refractivity contribution in [3.05, 3.63) is 0 Å². The lowest BCUT2D eigenvalue weighted by Crippen LogP contribution is -2.33. The topological polar surface area (TPSA) is 74.6 Å². The maximum atomic E-state index is 12.1. The molecule has 0 aromatic carbocycles.